The van der Waals surface area contributed by atoms with Crippen LogP contribution in [0.2, 0.25) is 5.02 Å². The van der Waals surface area contributed by atoms with E-state index in [1.54, 1.807) is 70.7 Å². The summed E-state index contributed by atoms with van der Waals surface area (Å²) in [5, 5.41) is 4.53. The average molecular weight is 432 g/mol. The predicted molar refractivity (Wildman–Crippen MR) is 111 cm³/mol. The van der Waals surface area contributed by atoms with Crippen molar-refractivity contribution in [2.75, 3.05) is 21.3 Å². The molecule has 1 aromatic heterocycles. The zero-order valence-corrected chi connectivity index (χ0v) is 17.8. The number of amides is 1. The number of nitrogens with zero attached hydrogens (tertiary/aromatic N) is 3. The van der Waals surface area contributed by atoms with E-state index in [0.717, 1.165) is 0 Å². The summed E-state index contributed by atoms with van der Waals surface area (Å²) in [6.45, 7) is 1.80. The summed E-state index contributed by atoms with van der Waals surface area (Å²) in [6, 6.07) is 12.2. The molecule has 30 heavy (non-hydrogen) atoms. The molecule has 1 amide bonds. The van der Waals surface area contributed by atoms with Crippen molar-refractivity contribution in [1.82, 2.24) is 15.0 Å². The third kappa shape index (κ3) is 5.01. The molecule has 2 aromatic carbocycles. The maximum Gasteiger partial charge on any atom is 0.263 e. The molecule has 0 bridgehead atoms. The molecule has 0 radical (unpaired) electrons. The fourth-order valence-electron chi connectivity index (χ4n) is 2.80. The zero-order chi connectivity index (χ0) is 21.7. The molecule has 0 N–H and O–H groups in total. The van der Waals surface area contributed by atoms with Gasteiger partial charge in [0.15, 0.2) is 6.10 Å². The van der Waals surface area contributed by atoms with Crippen molar-refractivity contribution in [3.8, 4) is 28.6 Å². The fraction of sp³-hybridized carbons (Fsp3) is 0.286. The Bertz CT molecular complexity index is 1020. The molecular weight excluding hydrogens is 410 g/mol. The van der Waals surface area contributed by atoms with Crippen LogP contribution in [0.3, 0.4) is 0 Å². The van der Waals surface area contributed by atoms with Gasteiger partial charge in [0, 0.05) is 18.1 Å². The Morgan fingerprint density at radius 1 is 1.17 bits per heavy atom. The third-order valence-corrected chi connectivity index (χ3v) is 4.56. The number of methoxy groups -OCH3 is 2. The van der Waals surface area contributed by atoms with Gasteiger partial charge >= 0.3 is 0 Å². The van der Waals surface area contributed by atoms with Crippen molar-refractivity contribution in [2.45, 2.75) is 19.6 Å². The molecule has 158 valence electrons. The predicted octanol–water partition coefficient (Wildman–Crippen LogP) is 3.83. The number of hydrogen-bond acceptors (Lipinski definition) is 7. The van der Waals surface area contributed by atoms with Crippen LogP contribution >= 0.6 is 11.6 Å². The van der Waals surface area contributed by atoms with Gasteiger partial charge in [-0.15, -0.1) is 0 Å². The van der Waals surface area contributed by atoms with Crippen LogP contribution < -0.4 is 14.2 Å². The fourth-order valence-corrected chi connectivity index (χ4v) is 2.98. The summed E-state index contributed by atoms with van der Waals surface area (Å²) in [4.78, 5) is 18.5. The number of aromatic nitrogens is 2. The van der Waals surface area contributed by atoms with Gasteiger partial charge < -0.3 is 23.6 Å². The number of rotatable bonds is 8. The number of likely N-dealkylation sites (N-methyl/N-ethyl adjacent to an activating group) is 1. The standard InChI is InChI=1S/C21H22ClN3O5/c1-13(29-16-7-5-6-14(22)10-16)21(26)25(2)12-19-23-20(24-30-19)17-9-8-15(27-3)11-18(17)28-4/h5-11,13H,12H2,1-4H3/t13-/m1/s1. The summed E-state index contributed by atoms with van der Waals surface area (Å²) in [5.74, 6) is 2.12. The zero-order valence-electron chi connectivity index (χ0n) is 17.1. The number of hydrogen-bond donors (Lipinski definition) is 0. The maximum atomic E-state index is 12.6. The highest BCUT2D eigenvalue weighted by molar-refractivity contribution is 6.30. The van der Waals surface area contributed by atoms with Gasteiger partial charge in [0.2, 0.25) is 11.7 Å². The minimum Gasteiger partial charge on any atom is -0.497 e. The molecule has 3 rings (SSSR count). The highest BCUT2D eigenvalue weighted by atomic mass is 35.5. The van der Waals surface area contributed by atoms with Crippen molar-refractivity contribution in [1.29, 1.82) is 0 Å². The summed E-state index contributed by atoms with van der Waals surface area (Å²) < 4.78 is 21.6. The normalized spacial score (nSPS) is 11.6. The van der Waals surface area contributed by atoms with E-state index in [-0.39, 0.29) is 18.3 Å². The largest absolute Gasteiger partial charge is 0.497 e. The average Bonchev–Trinajstić information content (AvgIpc) is 3.20. The van der Waals surface area contributed by atoms with Crippen LogP contribution in [0.1, 0.15) is 12.8 Å². The van der Waals surface area contributed by atoms with Crippen LogP contribution in [0, 0.1) is 0 Å². The van der Waals surface area contributed by atoms with E-state index in [4.69, 9.17) is 30.3 Å². The van der Waals surface area contributed by atoms with Crippen molar-refractivity contribution < 1.29 is 23.5 Å². The maximum absolute atomic E-state index is 12.6. The molecule has 0 saturated heterocycles. The summed E-state index contributed by atoms with van der Waals surface area (Å²) in [7, 11) is 4.76. The molecule has 0 saturated carbocycles. The highest BCUT2D eigenvalue weighted by Crippen LogP contribution is 2.31. The van der Waals surface area contributed by atoms with Crippen molar-refractivity contribution in [2.24, 2.45) is 0 Å². The van der Waals surface area contributed by atoms with E-state index in [9.17, 15) is 4.79 Å². The van der Waals surface area contributed by atoms with Crippen molar-refractivity contribution >= 4 is 17.5 Å². The first-order chi connectivity index (χ1) is 14.4. The second-order valence-electron chi connectivity index (χ2n) is 6.49. The van der Waals surface area contributed by atoms with E-state index >= 15 is 0 Å². The lowest BCUT2D eigenvalue weighted by molar-refractivity contribution is -0.137. The van der Waals surface area contributed by atoms with Crippen LogP contribution in [0.15, 0.2) is 47.0 Å². The summed E-state index contributed by atoms with van der Waals surface area (Å²) in [6.07, 6.45) is -0.711. The van der Waals surface area contributed by atoms with E-state index in [1.165, 1.54) is 4.90 Å². The van der Waals surface area contributed by atoms with Crippen molar-refractivity contribution in [3.05, 3.63) is 53.4 Å². The van der Waals surface area contributed by atoms with Crippen LogP contribution in [-0.2, 0) is 11.3 Å². The molecule has 0 fully saturated rings. The van der Waals surface area contributed by atoms with E-state index in [2.05, 4.69) is 10.1 Å². The van der Waals surface area contributed by atoms with Gasteiger partial charge in [-0.3, -0.25) is 4.79 Å². The lowest BCUT2D eigenvalue weighted by Gasteiger charge is -2.20. The molecule has 3 aromatic rings. The first kappa shape index (κ1) is 21.4. The highest BCUT2D eigenvalue weighted by Gasteiger charge is 2.22. The first-order valence-electron chi connectivity index (χ1n) is 9.13. The van der Waals surface area contributed by atoms with Crippen LogP contribution in [0.5, 0.6) is 17.2 Å². The topological polar surface area (TPSA) is 86.9 Å². The first-order valence-corrected chi connectivity index (χ1v) is 9.51. The Hall–Kier alpha value is -3.26. The molecule has 0 spiro atoms. The van der Waals surface area contributed by atoms with Crippen LogP contribution in [-0.4, -0.2) is 48.3 Å². The minimum atomic E-state index is -0.711. The van der Waals surface area contributed by atoms with E-state index in [0.29, 0.717) is 33.7 Å². The van der Waals surface area contributed by atoms with Crippen molar-refractivity contribution in [3.63, 3.8) is 0 Å². The number of carbonyl (C=O) groups excluding carboxylic acids is 1. The second-order valence-corrected chi connectivity index (χ2v) is 6.93. The van der Waals surface area contributed by atoms with Gasteiger partial charge in [0.25, 0.3) is 5.91 Å². The Morgan fingerprint density at radius 3 is 2.67 bits per heavy atom. The Balaban J connectivity index is 1.67. The lowest BCUT2D eigenvalue weighted by atomic mass is 10.2. The number of halogens is 1. The molecule has 9 heteroatoms. The van der Waals surface area contributed by atoms with Gasteiger partial charge in [0.1, 0.15) is 17.2 Å². The molecule has 0 aliphatic heterocycles. The number of carbonyl (C=O) groups is 1. The number of ether oxygens (including phenoxy) is 3. The molecular formula is C21H22ClN3O5. The molecule has 0 aliphatic carbocycles. The minimum absolute atomic E-state index is 0.132. The van der Waals surface area contributed by atoms with E-state index < -0.39 is 6.10 Å². The Morgan fingerprint density at radius 2 is 1.97 bits per heavy atom. The third-order valence-electron chi connectivity index (χ3n) is 4.32. The van der Waals surface area contributed by atoms with Gasteiger partial charge in [-0.1, -0.05) is 22.8 Å². The smallest absolute Gasteiger partial charge is 0.263 e. The molecule has 1 atom stereocenters. The quantitative estimate of drug-likeness (QED) is 0.535. The molecule has 0 aliphatic rings. The lowest BCUT2D eigenvalue weighted by Crippen LogP contribution is -2.37. The van der Waals surface area contributed by atoms with E-state index in [1.807, 2.05) is 0 Å². The Kier molecular flexibility index (Phi) is 6.79. The summed E-state index contributed by atoms with van der Waals surface area (Å²) in [5.41, 5.74) is 0.653. The molecule has 0 unspecified atom stereocenters. The number of benzene rings is 2. The monoisotopic (exact) mass is 431 g/mol. The Labute approximate surface area is 179 Å². The summed E-state index contributed by atoms with van der Waals surface area (Å²) >= 11 is 5.95. The van der Waals surface area contributed by atoms with Gasteiger partial charge in [-0.2, -0.15) is 4.98 Å². The van der Waals surface area contributed by atoms with Gasteiger partial charge in [-0.25, -0.2) is 0 Å². The molecule has 1 heterocycles. The van der Waals surface area contributed by atoms with Gasteiger partial charge in [0.05, 0.1) is 26.3 Å². The van der Waals surface area contributed by atoms with Crippen LogP contribution in [0.4, 0.5) is 0 Å². The SMILES string of the molecule is COc1ccc(-c2noc(CN(C)C(=O)[C@@H](C)Oc3cccc(Cl)c3)n2)c(OC)c1. The second kappa shape index (κ2) is 9.49. The van der Waals surface area contributed by atoms with Gasteiger partial charge in [-0.05, 0) is 37.3 Å². The molecule has 8 nitrogen and oxygen atoms in total. The van der Waals surface area contributed by atoms with Crippen LogP contribution in [0.25, 0.3) is 11.4 Å².